The Labute approximate surface area is 141 Å². The maximum absolute atomic E-state index is 11.8. The quantitative estimate of drug-likeness (QED) is 0.746. The lowest BCUT2D eigenvalue weighted by atomic mass is 9.98. The summed E-state index contributed by atoms with van der Waals surface area (Å²) in [5.41, 5.74) is 2.72. The summed E-state index contributed by atoms with van der Waals surface area (Å²) in [6.07, 6.45) is 2.74. The van der Waals surface area contributed by atoms with E-state index in [-0.39, 0.29) is 6.04 Å². The molecule has 0 unspecified atom stereocenters. The molecule has 0 radical (unpaired) electrons. The van der Waals surface area contributed by atoms with Gasteiger partial charge in [0.25, 0.3) is 0 Å². The van der Waals surface area contributed by atoms with Crippen LogP contribution in [-0.4, -0.2) is 19.8 Å². The highest BCUT2D eigenvalue weighted by molar-refractivity contribution is 7.90. The number of nitrogens with one attached hydrogen (secondary N) is 1. The third-order valence-electron chi connectivity index (χ3n) is 3.73. The van der Waals surface area contributed by atoms with Gasteiger partial charge in [0, 0.05) is 18.9 Å². The van der Waals surface area contributed by atoms with Crippen LogP contribution in [0.5, 0.6) is 0 Å². The van der Waals surface area contributed by atoms with Crippen molar-refractivity contribution in [1.82, 2.24) is 10.5 Å². The van der Waals surface area contributed by atoms with Gasteiger partial charge >= 0.3 is 0 Å². The van der Waals surface area contributed by atoms with Crippen LogP contribution in [0.25, 0.3) is 0 Å². The first-order valence-electron chi connectivity index (χ1n) is 7.51. The maximum Gasteiger partial charge on any atom is 0.175 e. The highest BCUT2D eigenvalue weighted by Crippen LogP contribution is 2.24. The molecule has 0 saturated carbocycles. The number of hydrogen-bond acceptors (Lipinski definition) is 5. The molecule has 1 atom stereocenters. The van der Waals surface area contributed by atoms with Crippen molar-refractivity contribution in [3.63, 3.8) is 0 Å². The standard InChI is InChI=1S/C18H18N2O3S/c1-24(21,22)17-9-5-8-15(12-17)18(14-6-3-2-4-7-14)19-13-16-10-11-23-20-16/h2-12,18-19H,13H2,1H3/t18-/m0/s1. The molecule has 0 amide bonds. The molecule has 0 spiro atoms. The van der Waals surface area contributed by atoms with Gasteiger partial charge in [0.05, 0.1) is 16.6 Å². The molecule has 0 fully saturated rings. The van der Waals surface area contributed by atoms with E-state index in [9.17, 15) is 8.42 Å². The number of rotatable bonds is 6. The molecule has 1 N–H and O–H groups in total. The zero-order valence-corrected chi connectivity index (χ0v) is 14.0. The van der Waals surface area contributed by atoms with E-state index < -0.39 is 9.84 Å². The molecule has 0 saturated heterocycles. The fraction of sp³-hybridized carbons (Fsp3) is 0.167. The van der Waals surface area contributed by atoms with Gasteiger partial charge in [-0.15, -0.1) is 0 Å². The van der Waals surface area contributed by atoms with Gasteiger partial charge in [-0.05, 0) is 23.3 Å². The molecule has 0 aliphatic rings. The smallest absolute Gasteiger partial charge is 0.175 e. The Morgan fingerprint density at radius 1 is 1.04 bits per heavy atom. The summed E-state index contributed by atoms with van der Waals surface area (Å²) >= 11 is 0. The lowest BCUT2D eigenvalue weighted by Crippen LogP contribution is -2.22. The fourth-order valence-corrected chi connectivity index (χ4v) is 3.21. The van der Waals surface area contributed by atoms with E-state index in [1.165, 1.54) is 12.5 Å². The van der Waals surface area contributed by atoms with E-state index >= 15 is 0 Å². The van der Waals surface area contributed by atoms with Crippen molar-refractivity contribution in [2.24, 2.45) is 0 Å². The van der Waals surface area contributed by atoms with Crippen molar-refractivity contribution in [2.45, 2.75) is 17.5 Å². The molecule has 1 heterocycles. The lowest BCUT2D eigenvalue weighted by molar-refractivity contribution is 0.407. The largest absolute Gasteiger partial charge is 0.364 e. The zero-order chi connectivity index (χ0) is 17.0. The van der Waals surface area contributed by atoms with Crippen LogP contribution in [0.3, 0.4) is 0 Å². The minimum atomic E-state index is -3.25. The molecule has 1 aromatic heterocycles. The summed E-state index contributed by atoms with van der Waals surface area (Å²) in [5, 5.41) is 7.32. The summed E-state index contributed by atoms with van der Waals surface area (Å²) in [7, 11) is -3.25. The first-order chi connectivity index (χ1) is 11.5. The Morgan fingerprint density at radius 2 is 1.79 bits per heavy atom. The average Bonchev–Trinajstić information content (AvgIpc) is 3.09. The Balaban J connectivity index is 1.95. The molecule has 5 nitrogen and oxygen atoms in total. The topological polar surface area (TPSA) is 72.2 Å². The van der Waals surface area contributed by atoms with E-state index in [0.717, 1.165) is 16.8 Å². The zero-order valence-electron chi connectivity index (χ0n) is 13.2. The molecular weight excluding hydrogens is 324 g/mol. The average molecular weight is 342 g/mol. The minimum absolute atomic E-state index is 0.149. The van der Waals surface area contributed by atoms with Crippen LogP contribution < -0.4 is 5.32 Å². The van der Waals surface area contributed by atoms with Crippen molar-refractivity contribution in [1.29, 1.82) is 0 Å². The van der Waals surface area contributed by atoms with Crippen molar-refractivity contribution >= 4 is 9.84 Å². The molecule has 3 aromatic rings. The molecule has 0 aliphatic heterocycles. The molecule has 6 heteroatoms. The number of nitrogens with zero attached hydrogens (tertiary/aromatic N) is 1. The van der Waals surface area contributed by atoms with Gasteiger partial charge in [-0.3, -0.25) is 0 Å². The Bertz CT molecular complexity index is 891. The first kappa shape index (κ1) is 16.4. The highest BCUT2D eigenvalue weighted by Gasteiger charge is 2.16. The van der Waals surface area contributed by atoms with Gasteiger partial charge in [-0.1, -0.05) is 47.6 Å². The summed E-state index contributed by atoms with van der Waals surface area (Å²) in [5.74, 6) is 0. The molecule has 0 aliphatic carbocycles. The van der Waals surface area contributed by atoms with Crippen LogP contribution in [0.4, 0.5) is 0 Å². The number of sulfone groups is 1. The maximum atomic E-state index is 11.8. The van der Waals surface area contributed by atoms with Crippen LogP contribution in [0.2, 0.25) is 0 Å². The van der Waals surface area contributed by atoms with Crippen LogP contribution in [0.15, 0.2) is 76.3 Å². The third-order valence-corrected chi connectivity index (χ3v) is 4.84. The van der Waals surface area contributed by atoms with Crippen LogP contribution in [0, 0.1) is 0 Å². The van der Waals surface area contributed by atoms with E-state index in [4.69, 9.17) is 4.52 Å². The van der Waals surface area contributed by atoms with Crippen molar-refractivity contribution in [3.8, 4) is 0 Å². The van der Waals surface area contributed by atoms with Gasteiger partial charge < -0.3 is 9.84 Å². The SMILES string of the molecule is CS(=O)(=O)c1cccc([C@@H](NCc2ccon2)c2ccccc2)c1. The second kappa shape index (κ2) is 6.98. The number of benzene rings is 2. The van der Waals surface area contributed by atoms with Gasteiger partial charge in [-0.2, -0.15) is 0 Å². The van der Waals surface area contributed by atoms with Gasteiger partial charge in [0.1, 0.15) is 6.26 Å². The lowest BCUT2D eigenvalue weighted by Gasteiger charge is -2.20. The predicted octanol–water partition coefficient (Wildman–Crippen LogP) is 2.96. The van der Waals surface area contributed by atoms with Crippen LogP contribution in [-0.2, 0) is 16.4 Å². The van der Waals surface area contributed by atoms with Crippen LogP contribution in [0.1, 0.15) is 22.9 Å². The molecule has 2 aromatic carbocycles. The summed E-state index contributed by atoms with van der Waals surface area (Å²) in [6.45, 7) is 0.513. The second-order valence-corrected chi connectivity index (χ2v) is 7.58. The second-order valence-electron chi connectivity index (χ2n) is 5.56. The summed E-state index contributed by atoms with van der Waals surface area (Å²) < 4.78 is 28.5. The van der Waals surface area contributed by atoms with Gasteiger partial charge in [0.15, 0.2) is 9.84 Å². The Kier molecular flexibility index (Phi) is 4.78. The Morgan fingerprint density at radius 3 is 2.46 bits per heavy atom. The number of hydrogen-bond donors (Lipinski definition) is 1. The molecule has 24 heavy (non-hydrogen) atoms. The number of aromatic nitrogens is 1. The summed E-state index contributed by atoms with van der Waals surface area (Å²) in [4.78, 5) is 0.309. The van der Waals surface area contributed by atoms with E-state index in [0.29, 0.717) is 11.4 Å². The Hall–Kier alpha value is -2.44. The molecule has 0 bridgehead atoms. The minimum Gasteiger partial charge on any atom is -0.364 e. The third kappa shape index (κ3) is 3.90. The fourth-order valence-electron chi connectivity index (χ4n) is 2.53. The normalized spacial score (nSPS) is 12.9. The van der Waals surface area contributed by atoms with E-state index in [1.807, 2.05) is 36.4 Å². The monoisotopic (exact) mass is 342 g/mol. The van der Waals surface area contributed by atoms with Crippen molar-refractivity contribution in [2.75, 3.05) is 6.26 Å². The summed E-state index contributed by atoms with van der Waals surface area (Å²) in [6, 6.07) is 18.5. The molecule has 3 rings (SSSR count). The molecular formula is C18H18N2O3S. The van der Waals surface area contributed by atoms with Crippen LogP contribution >= 0.6 is 0 Å². The first-order valence-corrected chi connectivity index (χ1v) is 9.41. The van der Waals surface area contributed by atoms with Gasteiger partial charge in [-0.25, -0.2) is 8.42 Å². The highest BCUT2D eigenvalue weighted by atomic mass is 32.2. The predicted molar refractivity (Wildman–Crippen MR) is 91.2 cm³/mol. The van der Waals surface area contributed by atoms with E-state index in [1.54, 1.807) is 24.3 Å². The van der Waals surface area contributed by atoms with E-state index in [2.05, 4.69) is 10.5 Å². The van der Waals surface area contributed by atoms with Crippen molar-refractivity contribution < 1.29 is 12.9 Å². The van der Waals surface area contributed by atoms with Gasteiger partial charge in [0.2, 0.25) is 0 Å². The molecule has 124 valence electrons. The van der Waals surface area contributed by atoms with Crippen molar-refractivity contribution in [3.05, 3.63) is 83.7 Å².